The van der Waals surface area contributed by atoms with Gasteiger partial charge in [0.1, 0.15) is 12.4 Å². The van der Waals surface area contributed by atoms with E-state index in [1.54, 1.807) is 17.6 Å². The first-order valence-electron chi connectivity index (χ1n) is 16.0. The van der Waals surface area contributed by atoms with E-state index in [0.717, 1.165) is 27.5 Å². The lowest BCUT2D eigenvalue weighted by Gasteiger charge is -2.26. The molecule has 0 fully saturated rings. The third-order valence-corrected chi connectivity index (χ3v) is 9.54. The van der Waals surface area contributed by atoms with Crippen LogP contribution < -0.4 is 29.1 Å². The second-order valence-corrected chi connectivity index (χ2v) is 12.5. The fraction of sp³-hybridized carbons (Fsp3) is 0.125. The second kappa shape index (κ2) is 12.9. The van der Waals surface area contributed by atoms with Gasteiger partial charge in [0.15, 0.2) is 16.3 Å². The van der Waals surface area contributed by atoms with Crippen molar-refractivity contribution in [3.05, 3.63) is 163 Å². The molecule has 1 unspecified atom stereocenters. The molecule has 5 aromatic carbocycles. The first-order chi connectivity index (χ1) is 24.1. The molecule has 0 radical (unpaired) electrons. The van der Waals surface area contributed by atoms with Gasteiger partial charge in [0.25, 0.3) is 5.56 Å². The van der Waals surface area contributed by atoms with Crippen molar-refractivity contribution in [3.63, 3.8) is 0 Å². The number of hydrogen-bond acceptors (Lipinski definition) is 8. The van der Waals surface area contributed by atoms with Gasteiger partial charge >= 0.3 is 5.97 Å². The molecular weight excluding hydrogens is 637 g/mol. The van der Waals surface area contributed by atoms with Gasteiger partial charge in [-0.1, -0.05) is 108 Å². The summed E-state index contributed by atoms with van der Waals surface area (Å²) in [5.41, 5.74) is 3.65. The van der Waals surface area contributed by atoms with Gasteiger partial charge in [0, 0.05) is 11.1 Å². The zero-order valence-electron chi connectivity index (χ0n) is 26.5. The van der Waals surface area contributed by atoms with Gasteiger partial charge in [-0.25, -0.2) is 9.79 Å². The smallest absolute Gasteiger partial charge is 0.338 e. The van der Waals surface area contributed by atoms with Crippen molar-refractivity contribution in [1.82, 2.24) is 4.57 Å². The van der Waals surface area contributed by atoms with Crippen molar-refractivity contribution >= 4 is 39.9 Å². The molecular formula is C40H30N2O6S. The van der Waals surface area contributed by atoms with Gasteiger partial charge in [-0.3, -0.25) is 9.36 Å². The predicted molar refractivity (Wildman–Crippen MR) is 188 cm³/mol. The normalized spacial score (nSPS) is 15.2. The van der Waals surface area contributed by atoms with Crippen LogP contribution in [0.4, 0.5) is 0 Å². The van der Waals surface area contributed by atoms with E-state index in [-0.39, 0.29) is 24.5 Å². The first-order valence-corrected chi connectivity index (χ1v) is 16.8. The summed E-state index contributed by atoms with van der Waals surface area (Å²) in [7, 11) is 0. The molecule has 8 rings (SSSR count). The summed E-state index contributed by atoms with van der Waals surface area (Å²) < 4.78 is 25.2. The standard InChI is InChI=1S/C40H30N2O6S/c1-2-45-39(44)35-36(26-12-4-3-5-13-26)41-40-42(37(35)28-19-20-32-33(21-28)48-24-47-32)38(43)34(49-40)22-27-14-7-9-18-31(27)46-23-29-16-10-15-25-11-6-8-17-30(25)29/h3-22,37H,2,23-24H2,1H3/b34-22+. The third-order valence-electron chi connectivity index (χ3n) is 8.55. The first kappa shape index (κ1) is 30.4. The van der Waals surface area contributed by atoms with Crippen molar-refractivity contribution < 1.29 is 23.7 Å². The zero-order valence-corrected chi connectivity index (χ0v) is 27.3. The van der Waals surface area contributed by atoms with Crippen LogP contribution >= 0.6 is 11.3 Å². The highest BCUT2D eigenvalue weighted by Gasteiger charge is 2.36. The average molecular weight is 667 g/mol. The Labute approximate surface area is 285 Å². The lowest BCUT2D eigenvalue weighted by atomic mass is 9.93. The van der Waals surface area contributed by atoms with Crippen LogP contribution in [-0.2, 0) is 16.1 Å². The number of carbonyl (C=O) groups excluding carboxylic acids is 1. The van der Waals surface area contributed by atoms with Crippen molar-refractivity contribution in [1.29, 1.82) is 0 Å². The van der Waals surface area contributed by atoms with Gasteiger partial charge in [0.05, 0.1) is 28.5 Å². The maximum absolute atomic E-state index is 14.5. The number of nitrogens with zero attached hydrogens (tertiary/aromatic N) is 2. The molecule has 0 aliphatic carbocycles. The molecule has 49 heavy (non-hydrogen) atoms. The van der Waals surface area contributed by atoms with Gasteiger partial charge < -0.3 is 18.9 Å². The molecule has 2 aliphatic rings. The molecule has 9 heteroatoms. The summed E-state index contributed by atoms with van der Waals surface area (Å²) in [5.74, 6) is 1.24. The topological polar surface area (TPSA) is 88.4 Å². The molecule has 6 aromatic rings. The van der Waals surface area contributed by atoms with E-state index in [1.165, 1.54) is 11.3 Å². The predicted octanol–water partition coefficient (Wildman–Crippen LogP) is 6.40. The summed E-state index contributed by atoms with van der Waals surface area (Å²) in [5, 5.41) is 2.28. The van der Waals surface area contributed by atoms with Crippen molar-refractivity contribution in [2.45, 2.75) is 19.6 Å². The van der Waals surface area contributed by atoms with Gasteiger partial charge in [-0.05, 0) is 53.1 Å². The molecule has 0 saturated heterocycles. The maximum Gasteiger partial charge on any atom is 0.338 e. The van der Waals surface area contributed by atoms with E-state index >= 15 is 0 Å². The van der Waals surface area contributed by atoms with Gasteiger partial charge in [-0.15, -0.1) is 0 Å². The molecule has 8 nitrogen and oxygen atoms in total. The Hall–Kier alpha value is -5.93. The van der Waals surface area contributed by atoms with E-state index < -0.39 is 12.0 Å². The highest BCUT2D eigenvalue weighted by atomic mass is 32.1. The molecule has 0 spiro atoms. The van der Waals surface area contributed by atoms with Crippen LogP contribution in [0.2, 0.25) is 0 Å². The fourth-order valence-electron chi connectivity index (χ4n) is 6.29. The number of aromatic nitrogens is 1. The van der Waals surface area contributed by atoms with E-state index in [1.807, 2.05) is 91.0 Å². The van der Waals surface area contributed by atoms with E-state index in [0.29, 0.717) is 44.4 Å². The van der Waals surface area contributed by atoms with Crippen LogP contribution in [0.3, 0.4) is 0 Å². The molecule has 3 heterocycles. The lowest BCUT2D eigenvalue weighted by Crippen LogP contribution is -2.40. The minimum absolute atomic E-state index is 0.0966. The number of esters is 1. The van der Waals surface area contributed by atoms with Gasteiger partial charge in [0.2, 0.25) is 6.79 Å². The molecule has 2 aliphatic heterocycles. The molecule has 1 atom stereocenters. The fourth-order valence-corrected chi connectivity index (χ4v) is 7.28. The molecule has 0 saturated carbocycles. The Morgan fingerprint density at radius 3 is 2.57 bits per heavy atom. The monoisotopic (exact) mass is 666 g/mol. The number of para-hydroxylation sites is 1. The summed E-state index contributed by atoms with van der Waals surface area (Å²) >= 11 is 1.26. The number of thiazole rings is 1. The summed E-state index contributed by atoms with van der Waals surface area (Å²) in [4.78, 5) is 33.7. The number of rotatable bonds is 8. The number of benzene rings is 5. The van der Waals surface area contributed by atoms with E-state index in [4.69, 9.17) is 23.9 Å². The number of ether oxygens (including phenoxy) is 4. The molecule has 0 N–H and O–H groups in total. The molecule has 0 amide bonds. The summed E-state index contributed by atoms with van der Waals surface area (Å²) in [6, 6.07) is 36.1. The number of carbonyl (C=O) groups is 1. The Morgan fingerprint density at radius 1 is 0.918 bits per heavy atom. The second-order valence-electron chi connectivity index (χ2n) is 11.5. The Morgan fingerprint density at radius 2 is 1.69 bits per heavy atom. The van der Waals surface area contributed by atoms with Crippen molar-refractivity contribution in [2.75, 3.05) is 13.4 Å². The highest BCUT2D eigenvalue weighted by Crippen LogP contribution is 2.40. The lowest BCUT2D eigenvalue weighted by molar-refractivity contribution is -0.138. The third kappa shape index (κ3) is 5.68. The van der Waals surface area contributed by atoms with Crippen molar-refractivity contribution in [2.24, 2.45) is 4.99 Å². The van der Waals surface area contributed by atoms with E-state index in [9.17, 15) is 9.59 Å². The SMILES string of the molecule is CCOC(=O)C1=C(c2ccccc2)N=c2s/c(=C/c3ccccc3OCc3cccc4ccccc34)c(=O)n2C1c1ccc2c(c1)OCO2. The van der Waals surface area contributed by atoms with Crippen LogP contribution in [-0.4, -0.2) is 23.9 Å². The number of hydrogen-bond donors (Lipinski definition) is 0. The van der Waals surface area contributed by atoms with Crippen LogP contribution in [0.15, 0.2) is 131 Å². The van der Waals surface area contributed by atoms with E-state index in [2.05, 4.69) is 24.3 Å². The minimum Gasteiger partial charge on any atom is -0.488 e. The van der Waals surface area contributed by atoms with Crippen LogP contribution in [0.25, 0.3) is 22.5 Å². The average Bonchev–Trinajstić information content (AvgIpc) is 3.74. The zero-order chi connectivity index (χ0) is 33.3. The van der Waals surface area contributed by atoms with Crippen LogP contribution in [0.1, 0.15) is 35.2 Å². The Bertz CT molecular complexity index is 2440. The summed E-state index contributed by atoms with van der Waals surface area (Å²) in [6.45, 7) is 2.38. The summed E-state index contributed by atoms with van der Waals surface area (Å²) in [6.07, 6.45) is 1.83. The van der Waals surface area contributed by atoms with Crippen molar-refractivity contribution in [3.8, 4) is 17.2 Å². The maximum atomic E-state index is 14.5. The Kier molecular flexibility index (Phi) is 8.03. The molecule has 0 bridgehead atoms. The molecule has 242 valence electrons. The van der Waals surface area contributed by atoms with Gasteiger partial charge in [-0.2, -0.15) is 0 Å². The minimum atomic E-state index is -0.833. The quantitative estimate of drug-likeness (QED) is 0.175. The largest absolute Gasteiger partial charge is 0.488 e. The highest BCUT2D eigenvalue weighted by molar-refractivity contribution is 7.07. The van der Waals surface area contributed by atoms with Crippen LogP contribution in [0, 0.1) is 0 Å². The number of fused-ring (bicyclic) bond motifs is 3. The molecule has 1 aromatic heterocycles. The Balaban J connectivity index is 1.27. The van der Waals surface area contributed by atoms with Crippen LogP contribution in [0.5, 0.6) is 17.2 Å².